The number of amides is 1. The number of fused-ring (bicyclic) bond motifs is 5. The second kappa shape index (κ2) is 48.0. The van der Waals surface area contributed by atoms with Crippen LogP contribution in [0.4, 0.5) is 27.7 Å². The number of methoxy groups -OCH3 is 3. The molecular formula is C97H119ClN20O13. The molecule has 0 aliphatic carbocycles. The number of para-hydroxylation sites is 3. The molecule has 2 unspecified atom stereocenters. The molecular weight excluding hydrogens is 1690 g/mol. The van der Waals surface area contributed by atoms with Crippen molar-refractivity contribution in [2.75, 3.05) is 75.4 Å². The summed E-state index contributed by atoms with van der Waals surface area (Å²) in [5.41, 5.74) is 13.9. The molecule has 15 rings (SSSR count). The molecule has 34 heteroatoms. The summed E-state index contributed by atoms with van der Waals surface area (Å²) < 4.78 is 40.0. The fraction of sp³-hybridized carbons (Fsp3) is 0.423. The molecule has 9 heterocycles. The Labute approximate surface area is 765 Å². The molecule has 0 saturated carbocycles. The normalized spacial score (nSPS) is 14.4. The number of esters is 3. The molecule has 6 aromatic carbocycles. The summed E-state index contributed by atoms with van der Waals surface area (Å²) >= 11 is 5.94. The maximum absolute atomic E-state index is 14.4. The van der Waals surface area contributed by atoms with E-state index in [1.54, 1.807) is 53.2 Å². The van der Waals surface area contributed by atoms with Crippen molar-refractivity contribution in [2.24, 2.45) is 5.73 Å². The zero-order chi connectivity index (χ0) is 92.8. The molecule has 131 heavy (non-hydrogen) atoms. The third kappa shape index (κ3) is 25.3. The smallest absolute Gasteiger partial charge is 0.408 e. The molecule has 33 nitrogen and oxygen atoms in total. The van der Waals surface area contributed by atoms with E-state index >= 15 is 0 Å². The molecule has 7 N–H and O–H groups in total. The summed E-state index contributed by atoms with van der Waals surface area (Å²) in [6.45, 7) is 14.9. The quantitative estimate of drug-likeness (QED) is 0.00930. The minimum atomic E-state index is -0.655. The van der Waals surface area contributed by atoms with Gasteiger partial charge in [-0.2, -0.15) is 0 Å². The van der Waals surface area contributed by atoms with Gasteiger partial charge in [0.05, 0.1) is 102 Å². The van der Waals surface area contributed by atoms with Crippen LogP contribution in [-0.2, 0) is 42.8 Å². The second-order valence-electron chi connectivity index (χ2n) is 32.8. The Balaban J connectivity index is 0.000000166. The highest BCUT2D eigenvalue weighted by Crippen LogP contribution is 2.34. The maximum atomic E-state index is 14.4. The molecule has 2 aliphatic heterocycles. The Morgan fingerprint density at radius 3 is 1.24 bits per heavy atom. The van der Waals surface area contributed by atoms with Gasteiger partial charge in [0.2, 0.25) is 0 Å². The van der Waals surface area contributed by atoms with Crippen molar-refractivity contribution in [3.63, 3.8) is 0 Å². The number of rotatable bonds is 35. The van der Waals surface area contributed by atoms with E-state index in [1.807, 2.05) is 169 Å². The number of carbonyl (C=O) groups excluding carboxylic acids is 4. The standard InChI is InChI=1S/C34H40N8O4.C29H38N4O5.C24H30N4O3.C10H11ClN4O/c1-3-24(39-31-30-33(37-21-36-31)41(22-38-30)27-17-9-11-20-46-27)32-40-26-16-12-15-25(35-19-10-5-8-18-28(43)45-2)29(26)34(44)42(32)23-13-6-4-7-14-23;1-6-21(32-28(36)38-29(2,3)4)26-31-23-17-13-16-22(30-19-12-8-11-18-24(34)37-5)25(23)27(35)33(26)20-14-9-7-10-15-20;1-3-18(25)23-27-20-14-10-13-19(26-16-9-5-8-15-21(29)31-2)22(20)24(30)28(23)17-11-6-4-7-12-17;11-9-8-10(13-5-12-9)15(6-14-8)7-3-1-2-4-16-7/h4,6-7,12-16,21-22,24,27,35H,3,5,8-11,17-20H2,1-2H3,(H,36,37,39);7,9-10,13-17,21,30H,6,8,11-12,18-19H2,1-5H3,(H,32,36);4,6-7,10-14,18,26H,3,5,8-9,15-16,25H2,1-2H3;5-7H,1-4H2/t24-,27?;21-;18-;/m000./s1. The highest BCUT2D eigenvalue weighted by atomic mass is 35.5. The molecule has 0 radical (unpaired) electrons. The van der Waals surface area contributed by atoms with Crippen molar-refractivity contribution in [2.45, 2.75) is 213 Å². The lowest BCUT2D eigenvalue weighted by atomic mass is 10.1. The van der Waals surface area contributed by atoms with Gasteiger partial charge in [0.25, 0.3) is 16.7 Å². The highest BCUT2D eigenvalue weighted by Gasteiger charge is 2.30. The fourth-order valence-electron chi connectivity index (χ4n) is 15.7. The van der Waals surface area contributed by atoms with E-state index < -0.39 is 17.7 Å². The lowest BCUT2D eigenvalue weighted by molar-refractivity contribution is -0.141. The summed E-state index contributed by atoms with van der Waals surface area (Å²) in [5.74, 6) is 1.56. The first-order valence-corrected chi connectivity index (χ1v) is 45.5. The van der Waals surface area contributed by atoms with E-state index in [-0.39, 0.29) is 59.1 Å². The van der Waals surface area contributed by atoms with Gasteiger partial charge in [0.15, 0.2) is 27.8 Å². The molecule has 13 aromatic rings. The lowest BCUT2D eigenvalue weighted by Crippen LogP contribution is -2.37. The summed E-state index contributed by atoms with van der Waals surface area (Å²) in [6.07, 6.45) is 22.7. The van der Waals surface area contributed by atoms with E-state index in [0.717, 1.165) is 132 Å². The molecule has 1 amide bonds. The number of ether oxygens (including phenoxy) is 6. The van der Waals surface area contributed by atoms with E-state index in [2.05, 4.69) is 66.0 Å². The Bertz CT molecular complexity index is 6160. The SMILES string of the molecule is CC[C@H](N)c1nc2cccc(NCCCCCC(=O)OC)c2c(=O)n1-c1ccccc1.CC[C@H](NC(=O)OC(C)(C)C)c1nc2cccc(NCCCCCC(=O)OC)c2c(=O)n1-c1ccccc1.CC[C@H](Nc1ncnc2c1ncn2C1CCCCO1)c1nc2cccc(NCCCCCC(=O)OC)c2c(=O)n1-c1ccccc1.Clc1ncnc2c1ncn2C1CCCCO1. The van der Waals surface area contributed by atoms with Crippen molar-refractivity contribution in [1.82, 2.24) is 73.0 Å². The summed E-state index contributed by atoms with van der Waals surface area (Å²) in [7, 11) is 4.20. The van der Waals surface area contributed by atoms with Crippen LogP contribution in [0.15, 0.2) is 185 Å². The molecule has 2 aliphatic rings. The van der Waals surface area contributed by atoms with Crippen molar-refractivity contribution in [3.05, 3.63) is 225 Å². The Morgan fingerprint density at radius 1 is 0.466 bits per heavy atom. The molecule has 692 valence electrons. The minimum absolute atomic E-state index is 0.0321. The molecule has 2 fully saturated rings. The zero-order valence-electron chi connectivity index (χ0n) is 76.0. The van der Waals surface area contributed by atoms with Crippen LogP contribution in [0.3, 0.4) is 0 Å². The summed E-state index contributed by atoms with van der Waals surface area (Å²) in [4.78, 5) is 129. The first-order valence-electron chi connectivity index (χ1n) is 45.2. The van der Waals surface area contributed by atoms with E-state index in [4.69, 9.17) is 51.2 Å². The molecule has 0 spiro atoms. The van der Waals surface area contributed by atoms with Crippen LogP contribution in [0.5, 0.6) is 0 Å². The number of carbonyl (C=O) groups is 4. The first-order chi connectivity index (χ1) is 63.6. The van der Waals surface area contributed by atoms with Crippen LogP contribution >= 0.6 is 11.6 Å². The van der Waals surface area contributed by atoms with Gasteiger partial charge in [-0.25, -0.2) is 49.7 Å². The van der Waals surface area contributed by atoms with E-state index in [1.165, 1.54) is 40.4 Å². The van der Waals surface area contributed by atoms with Gasteiger partial charge in [-0.15, -0.1) is 0 Å². The predicted molar refractivity (Wildman–Crippen MR) is 509 cm³/mol. The number of benzene rings is 6. The van der Waals surface area contributed by atoms with Crippen LogP contribution in [-0.4, -0.2) is 151 Å². The highest BCUT2D eigenvalue weighted by molar-refractivity contribution is 6.33. The number of hydrogen-bond donors (Lipinski definition) is 6. The van der Waals surface area contributed by atoms with Gasteiger partial charge < -0.3 is 60.7 Å². The number of halogens is 1. The fourth-order valence-corrected chi connectivity index (χ4v) is 15.8. The topological polar surface area (TPSA) is 402 Å². The van der Waals surface area contributed by atoms with Gasteiger partial charge in [-0.3, -0.25) is 51.6 Å². The van der Waals surface area contributed by atoms with Gasteiger partial charge >= 0.3 is 24.0 Å². The number of nitrogens with two attached hydrogens (primary N) is 1. The number of anilines is 4. The number of nitrogens with one attached hydrogen (secondary N) is 5. The predicted octanol–water partition coefficient (Wildman–Crippen LogP) is 17.6. The molecule has 7 aromatic heterocycles. The second-order valence-corrected chi connectivity index (χ2v) is 33.1. The van der Waals surface area contributed by atoms with Crippen LogP contribution in [0, 0.1) is 0 Å². The monoisotopic (exact) mass is 1810 g/mol. The van der Waals surface area contributed by atoms with Crippen LogP contribution in [0.1, 0.15) is 224 Å². The molecule has 5 atom stereocenters. The van der Waals surface area contributed by atoms with Crippen molar-refractivity contribution in [3.8, 4) is 17.1 Å². The Morgan fingerprint density at radius 2 is 0.855 bits per heavy atom. The average Bonchev–Trinajstić information content (AvgIpc) is 1.33. The Kier molecular flexibility index (Phi) is 35.5. The maximum Gasteiger partial charge on any atom is 0.408 e. The first kappa shape index (κ1) is 97.0. The number of nitrogens with zero attached hydrogens (tertiary/aromatic N) is 14. The third-order valence-corrected chi connectivity index (χ3v) is 22.7. The number of hydrogen-bond acceptors (Lipinski definition) is 27. The average molecular weight is 1810 g/mol. The third-order valence-electron chi connectivity index (χ3n) is 22.4. The Hall–Kier alpha value is -13.1. The van der Waals surface area contributed by atoms with Crippen LogP contribution in [0.25, 0.3) is 72.1 Å². The van der Waals surface area contributed by atoms with Gasteiger partial charge in [0, 0.05) is 69.2 Å². The largest absolute Gasteiger partial charge is 0.469 e. The van der Waals surface area contributed by atoms with Crippen molar-refractivity contribution < 1.29 is 47.6 Å². The number of unbranched alkanes of at least 4 members (excludes halogenated alkanes) is 6. The van der Waals surface area contributed by atoms with Crippen molar-refractivity contribution in [1.29, 1.82) is 0 Å². The number of aromatic nitrogens is 14. The van der Waals surface area contributed by atoms with E-state index in [0.29, 0.717) is 147 Å². The summed E-state index contributed by atoms with van der Waals surface area (Å²) in [5, 5.41) is 18.6. The van der Waals surface area contributed by atoms with Crippen LogP contribution in [0.2, 0.25) is 5.15 Å². The van der Waals surface area contributed by atoms with E-state index in [9.17, 15) is 33.6 Å². The minimum Gasteiger partial charge on any atom is -0.469 e. The number of imidazole rings is 2. The lowest BCUT2D eigenvalue weighted by Gasteiger charge is -2.25. The van der Waals surface area contributed by atoms with Crippen LogP contribution < -0.4 is 49.0 Å². The molecule has 2 saturated heterocycles. The van der Waals surface area contributed by atoms with Gasteiger partial charge in [-0.05, 0) is 190 Å². The summed E-state index contributed by atoms with van der Waals surface area (Å²) in [6, 6.07) is 43.9. The zero-order valence-corrected chi connectivity index (χ0v) is 76.7. The number of alkyl carbamates (subject to hydrolysis) is 1. The van der Waals surface area contributed by atoms with Gasteiger partial charge in [0.1, 0.15) is 53.7 Å². The molecule has 0 bridgehead atoms. The van der Waals surface area contributed by atoms with Crippen molar-refractivity contribution >= 4 is 114 Å². The van der Waals surface area contributed by atoms with Gasteiger partial charge in [-0.1, -0.05) is 124 Å².